The van der Waals surface area contributed by atoms with Crippen LogP contribution in [-0.2, 0) is 0 Å². The van der Waals surface area contributed by atoms with Crippen LogP contribution >= 0.6 is 0 Å². The second-order valence-corrected chi connectivity index (χ2v) is 6.39. The highest BCUT2D eigenvalue weighted by molar-refractivity contribution is 5.53. The summed E-state index contributed by atoms with van der Waals surface area (Å²) in [6, 6.07) is 0. The lowest BCUT2D eigenvalue weighted by molar-refractivity contribution is 0.911. The Morgan fingerprint density at radius 3 is 0.850 bits per heavy atom. The molecule has 0 aromatic heterocycles. The SMILES string of the molecule is CC1=C(C)C(C#CC2C(C)=C(C)C(C)=C2C)C(C)=C1C. The van der Waals surface area contributed by atoms with Gasteiger partial charge in [0, 0.05) is 0 Å². The van der Waals surface area contributed by atoms with Crippen molar-refractivity contribution < 1.29 is 0 Å². The van der Waals surface area contributed by atoms with E-state index in [9.17, 15) is 0 Å². The van der Waals surface area contributed by atoms with E-state index in [0.29, 0.717) is 11.8 Å². The fraction of sp³-hybridized carbons (Fsp3) is 0.500. The summed E-state index contributed by atoms with van der Waals surface area (Å²) in [5.74, 6) is 7.76. The van der Waals surface area contributed by atoms with Crippen molar-refractivity contribution in [3.8, 4) is 11.8 Å². The second kappa shape index (κ2) is 5.13. The molecule has 2 rings (SSSR count). The molecule has 0 amide bonds. The molecule has 0 nitrogen and oxygen atoms in total. The van der Waals surface area contributed by atoms with Crippen molar-refractivity contribution in [2.45, 2.75) is 55.4 Å². The zero-order valence-electron chi connectivity index (χ0n) is 14.2. The first kappa shape index (κ1) is 14.9. The van der Waals surface area contributed by atoms with Crippen molar-refractivity contribution >= 4 is 0 Å². The minimum atomic E-state index is 0.330. The maximum atomic E-state index is 3.55. The summed E-state index contributed by atoms with van der Waals surface area (Å²) in [4.78, 5) is 0. The van der Waals surface area contributed by atoms with Gasteiger partial charge in [0.1, 0.15) is 0 Å². The third kappa shape index (κ3) is 2.10. The Hall–Kier alpha value is -1.48. The molecular formula is C20H26. The van der Waals surface area contributed by atoms with Crippen molar-refractivity contribution in [3.63, 3.8) is 0 Å². The van der Waals surface area contributed by atoms with Gasteiger partial charge >= 0.3 is 0 Å². The second-order valence-electron chi connectivity index (χ2n) is 6.39. The van der Waals surface area contributed by atoms with Gasteiger partial charge in [-0.1, -0.05) is 34.1 Å². The number of rotatable bonds is 0. The molecular weight excluding hydrogens is 240 g/mol. The molecule has 0 aliphatic heterocycles. The Bertz CT molecular complexity index is 544. The summed E-state index contributed by atoms with van der Waals surface area (Å²) in [5, 5.41) is 0. The highest BCUT2D eigenvalue weighted by Gasteiger charge is 2.25. The van der Waals surface area contributed by atoms with Crippen LogP contribution in [0.1, 0.15) is 55.4 Å². The average molecular weight is 266 g/mol. The summed E-state index contributed by atoms with van der Waals surface area (Å²) in [5.41, 5.74) is 11.5. The topological polar surface area (TPSA) is 0 Å². The maximum absolute atomic E-state index is 3.55. The van der Waals surface area contributed by atoms with Crippen LogP contribution in [0.4, 0.5) is 0 Å². The van der Waals surface area contributed by atoms with Gasteiger partial charge in [0.2, 0.25) is 0 Å². The summed E-state index contributed by atoms with van der Waals surface area (Å²) < 4.78 is 0. The first-order valence-corrected chi connectivity index (χ1v) is 7.48. The first-order valence-electron chi connectivity index (χ1n) is 7.48. The van der Waals surface area contributed by atoms with Crippen LogP contribution in [0, 0.1) is 23.7 Å². The smallest absolute Gasteiger partial charge is 0.0628 e. The van der Waals surface area contributed by atoms with Gasteiger partial charge in [0.05, 0.1) is 11.8 Å². The molecule has 0 heterocycles. The van der Waals surface area contributed by atoms with Crippen LogP contribution in [0.2, 0.25) is 0 Å². The Kier molecular flexibility index (Phi) is 3.83. The summed E-state index contributed by atoms with van der Waals surface area (Å²) >= 11 is 0. The van der Waals surface area contributed by atoms with E-state index in [-0.39, 0.29) is 0 Å². The summed E-state index contributed by atoms with van der Waals surface area (Å²) in [6.07, 6.45) is 0. The molecule has 0 aromatic carbocycles. The maximum Gasteiger partial charge on any atom is 0.0628 e. The summed E-state index contributed by atoms with van der Waals surface area (Å²) in [7, 11) is 0. The molecule has 0 atom stereocenters. The van der Waals surface area contributed by atoms with Gasteiger partial charge in [0.15, 0.2) is 0 Å². The van der Waals surface area contributed by atoms with Crippen molar-refractivity contribution in [1.82, 2.24) is 0 Å². The number of hydrogen-bond acceptors (Lipinski definition) is 0. The van der Waals surface area contributed by atoms with Gasteiger partial charge < -0.3 is 0 Å². The molecule has 0 unspecified atom stereocenters. The van der Waals surface area contributed by atoms with Crippen molar-refractivity contribution in [3.05, 3.63) is 44.6 Å². The monoisotopic (exact) mass is 266 g/mol. The normalized spacial score (nSPS) is 21.4. The predicted molar refractivity (Wildman–Crippen MR) is 88.3 cm³/mol. The molecule has 0 N–H and O–H groups in total. The molecule has 0 aromatic rings. The van der Waals surface area contributed by atoms with Gasteiger partial charge in [0.25, 0.3) is 0 Å². The van der Waals surface area contributed by atoms with E-state index in [2.05, 4.69) is 67.2 Å². The van der Waals surface area contributed by atoms with Crippen LogP contribution in [0.15, 0.2) is 44.6 Å². The fourth-order valence-corrected chi connectivity index (χ4v) is 3.30. The first-order chi connectivity index (χ1) is 9.27. The number of allylic oxidation sites excluding steroid dienone is 8. The molecule has 2 aliphatic carbocycles. The van der Waals surface area contributed by atoms with Crippen molar-refractivity contribution in [2.75, 3.05) is 0 Å². The Balaban J connectivity index is 2.36. The van der Waals surface area contributed by atoms with Gasteiger partial charge in [-0.05, 0) is 77.7 Å². The number of hydrogen-bond donors (Lipinski definition) is 0. The van der Waals surface area contributed by atoms with Crippen LogP contribution < -0.4 is 0 Å². The van der Waals surface area contributed by atoms with E-state index in [0.717, 1.165) is 0 Å². The predicted octanol–water partition coefficient (Wildman–Crippen LogP) is 5.60. The molecule has 0 saturated carbocycles. The standard InChI is InChI=1S/C20H26/c1-11-12(2)16(6)19(15(11)5)9-10-20-17(7)13(3)14(4)18(20)8/h19-20H,1-8H3. The molecule has 2 aliphatic rings. The van der Waals surface area contributed by atoms with Crippen molar-refractivity contribution in [2.24, 2.45) is 11.8 Å². The molecule has 0 bridgehead atoms. The zero-order valence-corrected chi connectivity index (χ0v) is 14.2. The lowest BCUT2D eigenvalue weighted by Crippen LogP contribution is -2.01. The Morgan fingerprint density at radius 1 is 0.450 bits per heavy atom. The molecule has 0 spiro atoms. The van der Waals surface area contributed by atoms with Gasteiger partial charge in [-0.15, -0.1) is 0 Å². The van der Waals surface area contributed by atoms with E-state index in [1.54, 1.807) is 0 Å². The molecule has 20 heavy (non-hydrogen) atoms. The highest BCUT2D eigenvalue weighted by atomic mass is 14.3. The third-order valence-corrected chi connectivity index (χ3v) is 5.60. The zero-order chi connectivity index (χ0) is 15.2. The van der Waals surface area contributed by atoms with Crippen LogP contribution in [0.25, 0.3) is 0 Å². The van der Waals surface area contributed by atoms with Gasteiger partial charge in [-0.2, -0.15) is 0 Å². The lowest BCUT2D eigenvalue weighted by Gasteiger charge is -2.10. The Labute approximate surface area is 124 Å². The minimum Gasteiger partial charge on any atom is -0.0900 e. The molecule has 0 radical (unpaired) electrons. The highest BCUT2D eigenvalue weighted by Crippen LogP contribution is 2.38. The van der Waals surface area contributed by atoms with Crippen LogP contribution in [0.3, 0.4) is 0 Å². The summed E-state index contributed by atoms with van der Waals surface area (Å²) in [6.45, 7) is 17.8. The molecule has 106 valence electrons. The van der Waals surface area contributed by atoms with Crippen LogP contribution in [-0.4, -0.2) is 0 Å². The van der Waals surface area contributed by atoms with Gasteiger partial charge in [-0.25, -0.2) is 0 Å². The molecule has 0 fully saturated rings. The fourth-order valence-electron chi connectivity index (χ4n) is 3.30. The third-order valence-electron chi connectivity index (χ3n) is 5.60. The minimum absolute atomic E-state index is 0.330. The van der Waals surface area contributed by atoms with E-state index in [1.807, 2.05) is 0 Å². The largest absolute Gasteiger partial charge is 0.0900 e. The van der Waals surface area contributed by atoms with E-state index >= 15 is 0 Å². The van der Waals surface area contributed by atoms with Crippen LogP contribution in [0.5, 0.6) is 0 Å². The molecule has 0 saturated heterocycles. The Morgan fingerprint density at radius 2 is 0.650 bits per heavy atom. The average Bonchev–Trinajstić information content (AvgIpc) is 2.72. The van der Waals surface area contributed by atoms with Gasteiger partial charge in [-0.3, -0.25) is 0 Å². The quantitative estimate of drug-likeness (QED) is 0.501. The van der Waals surface area contributed by atoms with E-state index in [1.165, 1.54) is 44.6 Å². The molecule has 0 heteroatoms. The van der Waals surface area contributed by atoms with E-state index in [4.69, 9.17) is 0 Å². The lowest BCUT2D eigenvalue weighted by atomic mass is 9.93. The van der Waals surface area contributed by atoms with E-state index < -0.39 is 0 Å². The van der Waals surface area contributed by atoms with Crippen molar-refractivity contribution in [1.29, 1.82) is 0 Å².